The first-order chi connectivity index (χ1) is 12.0. The molecular weight excluding hydrogens is 325 g/mol. The Bertz CT molecular complexity index is 825. The molecule has 1 atom stereocenters. The lowest BCUT2D eigenvalue weighted by Crippen LogP contribution is -2.43. The van der Waals surface area contributed by atoms with Gasteiger partial charge in [-0.1, -0.05) is 30.3 Å². The van der Waals surface area contributed by atoms with Crippen molar-refractivity contribution in [3.63, 3.8) is 0 Å². The summed E-state index contributed by atoms with van der Waals surface area (Å²) in [7, 11) is 0. The minimum atomic E-state index is -1.54. The number of benzene rings is 1. The average molecular weight is 342 g/mol. The smallest absolute Gasteiger partial charge is 0.153 e. The number of aromatic nitrogens is 1. The van der Waals surface area contributed by atoms with Crippen molar-refractivity contribution in [2.45, 2.75) is 13.0 Å². The van der Waals surface area contributed by atoms with Gasteiger partial charge in [0.1, 0.15) is 24.3 Å². The van der Waals surface area contributed by atoms with Crippen LogP contribution >= 0.6 is 0 Å². The standard InChI is InChI=1S/C17H18FN5O2/c1-10-14(11-5-3-2-4-6-11)22-15-12(20-10)9-13(21-16(15)19)23(8-7-18)17(24)25/h2-6,9-10,20H,7-8H2,1H3,(H2,19,21)(H,24,25)/p-1. The molecule has 3 N–H and O–H groups in total. The first kappa shape index (κ1) is 16.7. The van der Waals surface area contributed by atoms with Crippen LogP contribution in [-0.4, -0.2) is 36.1 Å². The molecule has 2 heterocycles. The molecular formula is C17H17FN5O2-. The van der Waals surface area contributed by atoms with Crippen molar-refractivity contribution in [1.82, 2.24) is 4.98 Å². The molecule has 1 unspecified atom stereocenters. The molecule has 8 heteroatoms. The summed E-state index contributed by atoms with van der Waals surface area (Å²) in [6, 6.07) is 11.0. The van der Waals surface area contributed by atoms with Crippen molar-refractivity contribution in [3.05, 3.63) is 42.0 Å². The Hall–Kier alpha value is -3.16. The highest BCUT2D eigenvalue weighted by Crippen LogP contribution is 2.38. The number of rotatable bonds is 4. The molecule has 0 fully saturated rings. The summed E-state index contributed by atoms with van der Waals surface area (Å²) < 4.78 is 12.6. The topological polar surface area (TPSA) is 107 Å². The SMILES string of the molecule is CC1Nc2cc(N(CCF)C(=O)[O-])nc(N)c2N=C1c1ccccc1. The number of carbonyl (C=O) groups is 1. The van der Waals surface area contributed by atoms with Crippen LogP contribution < -0.4 is 21.1 Å². The highest BCUT2D eigenvalue weighted by molar-refractivity contribution is 6.10. The van der Waals surface area contributed by atoms with Crippen molar-refractivity contribution in [2.24, 2.45) is 4.99 Å². The number of nitrogens with zero attached hydrogens (tertiary/aromatic N) is 3. The third kappa shape index (κ3) is 3.23. The van der Waals surface area contributed by atoms with Gasteiger partial charge >= 0.3 is 0 Å². The van der Waals surface area contributed by atoms with Gasteiger partial charge in [-0.25, -0.2) is 14.4 Å². The molecule has 7 nitrogen and oxygen atoms in total. The number of hydrogen-bond donors (Lipinski definition) is 2. The maximum Gasteiger partial charge on any atom is 0.153 e. The summed E-state index contributed by atoms with van der Waals surface area (Å²) in [5.41, 5.74) is 8.69. The van der Waals surface area contributed by atoms with Crippen LogP contribution in [0, 0.1) is 0 Å². The van der Waals surface area contributed by atoms with E-state index < -0.39 is 12.8 Å². The number of carboxylic acid groups (broad SMARTS) is 1. The molecule has 0 spiro atoms. The zero-order chi connectivity index (χ0) is 18.0. The molecule has 2 aromatic rings. The van der Waals surface area contributed by atoms with Gasteiger partial charge < -0.3 is 25.9 Å². The van der Waals surface area contributed by atoms with Crippen LogP contribution in [0.1, 0.15) is 12.5 Å². The molecule has 1 amide bonds. The number of nitrogens with one attached hydrogen (secondary N) is 1. The summed E-state index contributed by atoms with van der Waals surface area (Å²) in [5, 5.41) is 14.4. The normalized spacial score (nSPS) is 15.8. The largest absolute Gasteiger partial charge is 0.530 e. The number of nitrogen functional groups attached to an aromatic ring is 1. The Balaban J connectivity index is 2.05. The Labute approximate surface area is 144 Å². The van der Waals surface area contributed by atoms with Crippen LogP contribution in [-0.2, 0) is 0 Å². The number of aliphatic imine (C=N–C) groups is 1. The lowest BCUT2D eigenvalue weighted by atomic mass is 10.0. The minimum Gasteiger partial charge on any atom is -0.530 e. The van der Waals surface area contributed by atoms with E-state index in [1.807, 2.05) is 37.3 Å². The van der Waals surface area contributed by atoms with Crippen LogP contribution in [0.2, 0.25) is 0 Å². The molecule has 0 saturated carbocycles. The number of nitrogens with two attached hydrogens (primary N) is 1. The van der Waals surface area contributed by atoms with Gasteiger partial charge in [0.25, 0.3) is 0 Å². The molecule has 0 bridgehead atoms. The number of pyridine rings is 1. The molecule has 130 valence electrons. The second-order valence-corrected chi connectivity index (χ2v) is 5.60. The van der Waals surface area contributed by atoms with Crippen molar-refractivity contribution in [3.8, 4) is 0 Å². The Kier molecular flexibility index (Phi) is 4.51. The molecule has 0 saturated heterocycles. The second-order valence-electron chi connectivity index (χ2n) is 5.60. The van der Waals surface area contributed by atoms with E-state index in [2.05, 4.69) is 15.3 Å². The quantitative estimate of drug-likeness (QED) is 0.880. The van der Waals surface area contributed by atoms with Gasteiger partial charge in [-0.2, -0.15) is 0 Å². The molecule has 25 heavy (non-hydrogen) atoms. The van der Waals surface area contributed by atoms with Gasteiger partial charge in [0.2, 0.25) is 0 Å². The van der Waals surface area contributed by atoms with Crippen molar-refractivity contribution < 1.29 is 14.3 Å². The van der Waals surface area contributed by atoms with Crippen LogP contribution in [0.4, 0.5) is 32.2 Å². The fraction of sp³-hybridized carbons (Fsp3) is 0.235. The average Bonchev–Trinajstić information content (AvgIpc) is 2.59. The molecule has 1 aromatic heterocycles. The van der Waals surface area contributed by atoms with Crippen LogP contribution in [0.15, 0.2) is 41.4 Å². The van der Waals surface area contributed by atoms with Crippen LogP contribution in [0.25, 0.3) is 0 Å². The fourth-order valence-corrected chi connectivity index (χ4v) is 2.74. The summed E-state index contributed by atoms with van der Waals surface area (Å²) in [4.78, 5) is 20.5. The Morgan fingerprint density at radius 1 is 1.40 bits per heavy atom. The number of halogens is 1. The van der Waals surface area contributed by atoms with E-state index in [4.69, 9.17) is 5.73 Å². The van der Waals surface area contributed by atoms with E-state index >= 15 is 0 Å². The van der Waals surface area contributed by atoms with Gasteiger partial charge in [-0.3, -0.25) is 0 Å². The summed E-state index contributed by atoms with van der Waals surface area (Å²) in [6.07, 6.45) is -1.54. The van der Waals surface area contributed by atoms with E-state index in [9.17, 15) is 14.3 Å². The summed E-state index contributed by atoms with van der Waals surface area (Å²) >= 11 is 0. The van der Waals surface area contributed by atoms with Gasteiger partial charge in [-0.15, -0.1) is 0 Å². The summed E-state index contributed by atoms with van der Waals surface area (Å²) in [6.45, 7) is 0.706. The van der Waals surface area contributed by atoms with Crippen molar-refractivity contribution >= 4 is 34.8 Å². The summed E-state index contributed by atoms with van der Waals surface area (Å²) in [5.74, 6) is 0.0670. The van der Waals surface area contributed by atoms with Crippen molar-refractivity contribution in [2.75, 3.05) is 29.2 Å². The van der Waals surface area contributed by atoms with Crippen LogP contribution in [0.5, 0.6) is 0 Å². The first-order valence-electron chi connectivity index (χ1n) is 7.76. The second kappa shape index (κ2) is 6.76. The zero-order valence-corrected chi connectivity index (χ0v) is 13.6. The maximum atomic E-state index is 12.6. The number of anilines is 3. The number of hydrogen-bond acceptors (Lipinski definition) is 6. The molecule has 1 aliphatic rings. The van der Waals surface area contributed by atoms with Crippen LogP contribution in [0.3, 0.4) is 0 Å². The molecule has 0 aliphatic carbocycles. The van der Waals surface area contributed by atoms with Gasteiger partial charge in [0.05, 0.1) is 24.0 Å². The lowest BCUT2D eigenvalue weighted by Gasteiger charge is -2.28. The maximum absolute atomic E-state index is 12.6. The van der Waals surface area contributed by atoms with E-state index in [1.165, 1.54) is 6.07 Å². The predicted molar refractivity (Wildman–Crippen MR) is 93.1 cm³/mol. The van der Waals surface area contributed by atoms with Gasteiger partial charge in [-0.05, 0) is 12.5 Å². The van der Waals surface area contributed by atoms with Gasteiger partial charge in [0.15, 0.2) is 5.82 Å². The molecule has 0 radical (unpaired) electrons. The fourth-order valence-electron chi connectivity index (χ4n) is 2.74. The number of amides is 1. The number of fused-ring (bicyclic) bond motifs is 1. The van der Waals surface area contributed by atoms with E-state index in [0.29, 0.717) is 16.3 Å². The number of alkyl halides is 1. The molecule has 3 rings (SSSR count). The van der Waals surface area contributed by atoms with Gasteiger partial charge in [0, 0.05) is 6.07 Å². The zero-order valence-electron chi connectivity index (χ0n) is 13.6. The van der Waals surface area contributed by atoms with E-state index in [-0.39, 0.29) is 24.2 Å². The first-order valence-corrected chi connectivity index (χ1v) is 7.76. The molecule has 1 aromatic carbocycles. The van der Waals surface area contributed by atoms with Crippen molar-refractivity contribution in [1.29, 1.82) is 0 Å². The van der Waals surface area contributed by atoms with E-state index in [0.717, 1.165) is 11.3 Å². The van der Waals surface area contributed by atoms with E-state index in [1.54, 1.807) is 0 Å². The molecule has 1 aliphatic heterocycles. The third-order valence-electron chi connectivity index (χ3n) is 3.90. The lowest BCUT2D eigenvalue weighted by molar-refractivity contribution is -0.246. The minimum absolute atomic E-state index is 0.00645. The highest BCUT2D eigenvalue weighted by atomic mass is 19.1. The Morgan fingerprint density at radius 3 is 2.76 bits per heavy atom. The predicted octanol–water partition coefficient (Wildman–Crippen LogP) is 1.72. The Morgan fingerprint density at radius 2 is 2.12 bits per heavy atom. The number of carbonyl (C=O) groups excluding carboxylic acids is 1. The highest BCUT2D eigenvalue weighted by Gasteiger charge is 2.24. The third-order valence-corrected chi connectivity index (χ3v) is 3.90. The monoisotopic (exact) mass is 342 g/mol.